The molecule has 0 saturated heterocycles. The van der Waals surface area contributed by atoms with E-state index >= 15 is 0 Å². The van der Waals surface area contributed by atoms with Crippen LogP contribution in [0.15, 0.2) is 63.8 Å². The smallest absolute Gasteiger partial charge is 0.339 e. The third-order valence-electron chi connectivity index (χ3n) is 4.59. The first-order valence-corrected chi connectivity index (χ1v) is 10.1. The van der Waals surface area contributed by atoms with E-state index in [1.807, 2.05) is 0 Å². The van der Waals surface area contributed by atoms with E-state index in [0.717, 1.165) is 8.95 Å². The van der Waals surface area contributed by atoms with E-state index in [2.05, 4.69) is 31.9 Å². The molecule has 0 radical (unpaired) electrons. The van der Waals surface area contributed by atoms with Crippen molar-refractivity contribution < 1.29 is 18.3 Å². The summed E-state index contributed by atoms with van der Waals surface area (Å²) in [6.07, 6.45) is 0.0594. The van der Waals surface area contributed by atoms with Crippen LogP contribution in [0.5, 0.6) is 11.5 Å². The standard InChI is InChI=1S/C21H14Br2O6/c1-26-16-5-3-14(22)12-8-10(20(24)28-18(12)16)7-11-9-13-15(23)4-6-17(27-2)19(13)29-21(11)25/h3-6,8-9H,7H2,1-2H3. The molecule has 6 nitrogen and oxygen atoms in total. The minimum atomic E-state index is -0.543. The summed E-state index contributed by atoms with van der Waals surface area (Å²) in [4.78, 5) is 25.1. The molecule has 148 valence electrons. The zero-order chi connectivity index (χ0) is 20.7. The monoisotopic (exact) mass is 520 g/mol. The number of benzene rings is 2. The number of hydrogen-bond donors (Lipinski definition) is 0. The molecule has 0 unspecified atom stereocenters. The SMILES string of the molecule is COc1ccc(Br)c2cc(Cc3cc4c(Br)ccc(OC)c4oc3=O)c(=O)oc12. The molecule has 4 rings (SSSR count). The van der Waals surface area contributed by atoms with Gasteiger partial charge in [0.1, 0.15) is 0 Å². The Morgan fingerprint density at radius 1 is 0.759 bits per heavy atom. The molecular weight excluding hydrogens is 508 g/mol. The maximum Gasteiger partial charge on any atom is 0.339 e. The molecular formula is C21H14Br2O6. The molecule has 0 saturated carbocycles. The second kappa shape index (κ2) is 7.68. The Labute approximate surface area is 181 Å². The van der Waals surface area contributed by atoms with Crippen molar-refractivity contribution in [3.8, 4) is 11.5 Å². The van der Waals surface area contributed by atoms with Gasteiger partial charge < -0.3 is 18.3 Å². The topological polar surface area (TPSA) is 78.9 Å². The summed E-state index contributed by atoms with van der Waals surface area (Å²) >= 11 is 6.92. The lowest BCUT2D eigenvalue weighted by Gasteiger charge is -2.09. The van der Waals surface area contributed by atoms with Crippen LogP contribution in [0.4, 0.5) is 0 Å². The van der Waals surface area contributed by atoms with Gasteiger partial charge in [0.15, 0.2) is 22.7 Å². The summed E-state index contributed by atoms with van der Waals surface area (Å²) in [5, 5.41) is 1.35. The van der Waals surface area contributed by atoms with Gasteiger partial charge in [0.25, 0.3) is 0 Å². The van der Waals surface area contributed by atoms with Crippen LogP contribution in [0.2, 0.25) is 0 Å². The molecule has 0 N–H and O–H groups in total. The van der Waals surface area contributed by atoms with E-state index in [9.17, 15) is 9.59 Å². The van der Waals surface area contributed by atoms with E-state index in [4.69, 9.17) is 18.3 Å². The molecule has 0 fully saturated rings. The van der Waals surface area contributed by atoms with Crippen molar-refractivity contribution in [1.29, 1.82) is 0 Å². The second-order valence-electron chi connectivity index (χ2n) is 6.28. The lowest BCUT2D eigenvalue weighted by molar-refractivity contribution is 0.405. The van der Waals surface area contributed by atoms with Crippen LogP contribution < -0.4 is 20.7 Å². The van der Waals surface area contributed by atoms with Gasteiger partial charge in [0.2, 0.25) is 0 Å². The third-order valence-corrected chi connectivity index (χ3v) is 5.97. The first kappa shape index (κ1) is 19.7. The minimum absolute atomic E-state index is 0.0594. The maximum absolute atomic E-state index is 12.6. The summed E-state index contributed by atoms with van der Waals surface area (Å²) in [5.41, 5.74) is 0.257. The molecule has 0 spiro atoms. The Bertz CT molecular complexity index is 1260. The molecule has 0 amide bonds. The fourth-order valence-electron chi connectivity index (χ4n) is 3.15. The number of fused-ring (bicyclic) bond motifs is 2. The van der Waals surface area contributed by atoms with Gasteiger partial charge in [-0.25, -0.2) is 9.59 Å². The highest BCUT2D eigenvalue weighted by Crippen LogP contribution is 2.33. The van der Waals surface area contributed by atoms with Crippen LogP contribution in [0.3, 0.4) is 0 Å². The molecule has 0 aliphatic rings. The van der Waals surface area contributed by atoms with Gasteiger partial charge in [0.05, 0.1) is 14.2 Å². The van der Waals surface area contributed by atoms with E-state index in [1.54, 1.807) is 36.4 Å². The van der Waals surface area contributed by atoms with Gasteiger partial charge in [-0.3, -0.25) is 0 Å². The first-order valence-electron chi connectivity index (χ1n) is 8.51. The predicted molar refractivity (Wildman–Crippen MR) is 116 cm³/mol. The summed E-state index contributed by atoms with van der Waals surface area (Å²) in [5.74, 6) is 0.904. The lowest BCUT2D eigenvalue weighted by atomic mass is 10.0. The van der Waals surface area contributed by atoms with Crippen LogP contribution >= 0.6 is 31.9 Å². The highest BCUT2D eigenvalue weighted by Gasteiger charge is 2.16. The molecule has 2 aromatic carbocycles. The maximum atomic E-state index is 12.6. The molecule has 8 heteroatoms. The quantitative estimate of drug-likeness (QED) is 0.350. The number of halogens is 2. The van der Waals surface area contributed by atoms with Gasteiger partial charge in [-0.2, -0.15) is 0 Å². The molecule has 4 aromatic rings. The largest absolute Gasteiger partial charge is 0.493 e. The zero-order valence-corrected chi connectivity index (χ0v) is 18.5. The van der Waals surface area contributed by atoms with Gasteiger partial charge in [0, 0.05) is 37.3 Å². The average Bonchev–Trinajstić information content (AvgIpc) is 2.70. The Balaban J connectivity index is 1.88. The summed E-state index contributed by atoms with van der Waals surface area (Å²) in [6, 6.07) is 10.4. The second-order valence-corrected chi connectivity index (χ2v) is 7.99. The highest BCUT2D eigenvalue weighted by atomic mass is 79.9. The molecule has 0 bridgehead atoms. The van der Waals surface area contributed by atoms with Gasteiger partial charge in [-0.05, 0) is 36.4 Å². The highest BCUT2D eigenvalue weighted by molar-refractivity contribution is 9.11. The van der Waals surface area contributed by atoms with E-state index in [0.29, 0.717) is 44.6 Å². The van der Waals surface area contributed by atoms with Crippen molar-refractivity contribution in [2.24, 2.45) is 0 Å². The van der Waals surface area contributed by atoms with E-state index in [-0.39, 0.29) is 6.42 Å². The molecule has 0 aliphatic carbocycles. The zero-order valence-electron chi connectivity index (χ0n) is 15.4. The number of hydrogen-bond acceptors (Lipinski definition) is 6. The van der Waals surface area contributed by atoms with Crippen molar-refractivity contribution in [1.82, 2.24) is 0 Å². The van der Waals surface area contributed by atoms with E-state index < -0.39 is 11.3 Å². The van der Waals surface area contributed by atoms with Crippen LogP contribution in [0.25, 0.3) is 21.9 Å². The van der Waals surface area contributed by atoms with Gasteiger partial charge in [-0.15, -0.1) is 0 Å². The van der Waals surface area contributed by atoms with E-state index in [1.165, 1.54) is 14.2 Å². The van der Waals surface area contributed by atoms with Gasteiger partial charge in [-0.1, -0.05) is 31.9 Å². The predicted octanol–water partition coefficient (Wildman–Crippen LogP) is 5.03. The fraction of sp³-hybridized carbons (Fsp3) is 0.143. The Hall–Kier alpha value is -2.58. The molecule has 2 aromatic heterocycles. The molecule has 2 heterocycles. The van der Waals surface area contributed by atoms with Crippen molar-refractivity contribution in [2.75, 3.05) is 14.2 Å². The molecule has 0 atom stereocenters. The summed E-state index contributed by atoms with van der Waals surface area (Å²) < 4.78 is 23.0. The van der Waals surface area contributed by atoms with Crippen molar-refractivity contribution in [2.45, 2.75) is 6.42 Å². The lowest BCUT2D eigenvalue weighted by Crippen LogP contribution is -2.14. The number of ether oxygens (including phenoxy) is 2. The Morgan fingerprint density at radius 2 is 1.17 bits per heavy atom. The summed E-state index contributed by atoms with van der Waals surface area (Å²) in [6.45, 7) is 0. The Morgan fingerprint density at radius 3 is 1.55 bits per heavy atom. The summed E-state index contributed by atoms with van der Waals surface area (Å²) in [7, 11) is 3.01. The first-order chi connectivity index (χ1) is 13.9. The number of methoxy groups -OCH3 is 2. The van der Waals surface area contributed by atoms with Crippen LogP contribution in [0, 0.1) is 0 Å². The fourth-order valence-corrected chi connectivity index (χ4v) is 4.00. The average molecular weight is 522 g/mol. The van der Waals surface area contributed by atoms with Gasteiger partial charge >= 0.3 is 11.3 Å². The number of rotatable bonds is 4. The van der Waals surface area contributed by atoms with Crippen LogP contribution in [0.1, 0.15) is 11.1 Å². The third kappa shape index (κ3) is 3.47. The van der Waals surface area contributed by atoms with Crippen molar-refractivity contribution in [3.05, 3.63) is 77.3 Å². The molecule has 0 aliphatic heterocycles. The normalized spacial score (nSPS) is 11.2. The van der Waals surface area contributed by atoms with Crippen LogP contribution in [-0.2, 0) is 6.42 Å². The molecule has 29 heavy (non-hydrogen) atoms. The minimum Gasteiger partial charge on any atom is -0.493 e. The van der Waals surface area contributed by atoms with Crippen molar-refractivity contribution >= 4 is 53.8 Å². The Kier molecular flexibility index (Phi) is 5.23. The van der Waals surface area contributed by atoms with Crippen molar-refractivity contribution in [3.63, 3.8) is 0 Å². The van der Waals surface area contributed by atoms with Crippen LogP contribution in [-0.4, -0.2) is 14.2 Å².